The van der Waals surface area contributed by atoms with Crippen LogP contribution in [0.15, 0.2) is 54.7 Å². The number of carboxylic acid groups (broad SMARTS) is 1. The molecule has 1 fully saturated rings. The zero-order chi connectivity index (χ0) is 21.5. The second-order valence-electron chi connectivity index (χ2n) is 7.70. The number of ether oxygens (including phenoxy) is 2. The van der Waals surface area contributed by atoms with Crippen LogP contribution in [0.5, 0.6) is 11.5 Å². The molecule has 0 saturated heterocycles. The molecule has 1 saturated carbocycles. The Balaban J connectivity index is 1.60. The van der Waals surface area contributed by atoms with Gasteiger partial charge in [0.25, 0.3) is 0 Å². The molecule has 1 amide bonds. The van der Waals surface area contributed by atoms with Crippen molar-refractivity contribution in [1.29, 1.82) is 0 Å². The first-order valence-electron chi connectivity index (χ1n) is 10.1. The quantitative estimate of drug-likeness (QED) is 0.656. The number of anilines is 2. The number of carbonyl (C=O) groups is 2. The molecule has 31 heavy (non-hydrogen) atoms. The van der Waals surface area contributed by atoms with Crippen LogP contribution in [0.25, 0.3) is 11.1 Å². The molecular weight excluding hydrogens is 396 g/mol. The van der Waals surface area contributed by atoms with E-state index in [1.165, 1.54) is 0 Å². The SMILES string of the molecule is Cc1ncc(N(C(=O)C2CC2)c2ccc3c(c2)OCO3)cc1-c1cccc(C(=O)O)c1. The zero-order valence-corrected chi connectivity index (χ0v) is 16.9. The van der Waals surface area contributed by atoms with Gasteiger partial charge < -0.3 is 14.6 Å². The number of fused-ring (bicyclic) bond motifs is 1. The molecular formula is C24H20N2O5. The highest BCUT2D eigenvalue weighted by Gasteiger charge is 2.35. The van der Waals surface area contributed by atoms with Gasteiger partial charge in [0.1, 0.15) is 0 Å². The summed E-state index contributed by atoms with van der Waals surface area (Å²) < 4.78 is 10.9. The lowest BCUT2D eigenvalue weighted by molar-refractivity contribution is -0.119. The highest BCUT2D eigenvalue weighted by molar-refractivity contribution is 6.03. The summed E-state index contributed by atoms with van der Waals surface area (Å²) in [5.74, 6) is 0.256. The van der Waals surface area contributed by atoms with Crippen LogP contribution in [0.1, 0.15) is 28.9 Å². The van der Waals surface area contributed by atoms with E-state index in [4.69, 9.17) is 9.47 Å². The topological polar surface area (TPSA) is 89.0 Å². The maximum atomic E-state index is 13.2. The van der Waals surface area contributed by atoms with Gasteiger partial charge in [0.2, 0.25) is 12.7 Å². The molecule has 0 atom stereocenters. The molecule has 0 radical (unpaired) electrons. The molecule has 0 unspecified atom stereocenters. The Morgan fingerprint density at radius 1 is 1.03 bits per heavy atom. The number of hydrogen-bond acceptors (Lipinski definition) is 5. The predicted molar refractivity (Wildman–Crippen MR) is 114 cm³/mol. The van der Waals surface area contributed by atoms with Crippen LogP contribution in [0.2, 0.25) is 0 Å². The summed E-state index contributed by atoms with van der Waals surface area (Å²) in [4.78, 5) is 30.8. The number of pyridine rings is 1. The highest BCUT2D eigenvalue weighted by Crippen LogP contribution is 2.41. The minimum Gasteiger partial charge on any atom is -0.478 e. The summed E-state index contributed by atoms with van der Waals surface area (Å²) in [6, 6.07) is 14.0. The number of aromatic carboxylic acids is 1. The molecule has 1 aromatic heterocycles. The fourth-order valence-corrected chi connectivity index (χ4v) is 3.70. The Labute approximate surface area is 178 Å². The molecule has 2 aliphatic rings. The zero-order valence-electron chi connectivity index (χ0n) is 16.9. The van der Waals surface area contributed by atoms with Crippen molar-refractivity contribution in [2.24, 2.45) is 5.92 Å². The lowest BCUT2D eigenvalue weighted by Crippen LogP contribution is -2.27. The maximum absolute atomic E-state index is 13.2. The van der Waals surface area contributed by atoms with Crippen molar-refractivity contribution in [1.82, 2.24) is 4.98 Å². The molecule has 2 heterocycles. The van der Waals surface area contributed by atoms with Crippen LogP contribution in [0.4, 0.5) is 11.4 Å². The van der Waals surface area contributed by atoms with Gasteiger partial charge in [0.05, 0.1) is 23.1 Å². The first-order valence-corrected chi connectivity index (χ1v) is 10.1. The number of rotatable bonds is 5. The standard InChI is InChI=1S/C24H20N2O5/c1-14-20(16-3-2-4-17(9-16)24(28)29)10-19(12-25-14)26(23(27)15-5-6-15)18-7-8-21-22(11-18)31-13-30-21/h2-4,7-12,15H,5-6,13H2,1H3,(H,28,29). The minimum absolute atomic E-state index is 0.00878. The van der Waals surface area contributed by atoms with E-state index in [1.807, 2.05) is 25.1 Å². The number of aryl methyl sites for hydroxylation is 1. The minimum atomic E-state index is -0.991. The van der Waals surface area contributed by atoms with Crippen molar-refractivity contribution in [3.05, 3.63) is 66.0 Å². The van der Waals surface area contributed by atoms with Gasteiger partial charge >= 0.3 is 5.97 Å². The third-order valence-electron chi connectivity index (χ3n) is 5.51. The molecule has 7 heteroatoms. The van der Waals surface area contributed by atoms with Gasteiger partial charge in [0.15, 0.2) is 11.5 Å². The van der Waals surface area contributed by atoms with Crippen LogP contribution < -0.4 is 14.4 Å². The van der Waals surface area contributed by atoms with Crippen molar-refractivity contribution in [2.75, 3.05) is 11.7 Å². The summed E-state index contributed by atoms with van der Waals surface area (Å²) in [5, 5.41) is 9.34. The molecule has 156 valence electrons. The summed E-state index contributed by atoms with van der Waals surface area (Å²) >= 11 is 0. The van der Waals surface area contributed by atoms with Crippen molar-refractivity contribution in [3.63, 3.8) is 0 Å². The summed E-state index contributed by atoms with van der Waals surface area (Å²) in [6.45, 7) is 2.02. The molecule has 3 aromatic rings. The first-order chi connectivity index (χ1) is 15.0. The number of aromatic nitrogens is 1. The van der Waals surface area contributed by atoms with E-state index in [0.717, 1.165) is 29.7 Å². The van der Waals surface area contributed by atoms with E-state index in [0.29, 0.717) is 22.9 Å². The van der Waals surface area contributed by atoms with Crippen LogP contribution in [0, 0.1) is 12.8 Å². The van der Waals surface area contributed by atoms with Crippen molar-refractivity contribution >= 4 is 23.3 Å². The molecule has 1 aliphatic carbocycles. The Morgan fingerprint density at radius 3 is 2.61 bits per heavy atom. The number of amides is 1. The number of carboxylic acids is 1. The molecule has 2 aromatic carbocycles. The summed E-state index contributed by atoms with van der Waals surface area (Å²) in [5.41, 5.74) is 3.75. The average molecular weight is 416 g/mol. The van der Waals surface area contributed by atoms with E-state index >= 15 is 0 Å². The average Bonchev–Trinajstić information content (AvgIpc) is 3.52. The van der Waals surface area contributed by atoms with Gasteiger partial charge in [0, 0.05) is 23.2 Å². The van der Waals surface area contributed by atoms with Crippen molar-refractivity contribution in [2.45, 2.75) is 19.8 Å². The number of hydrogen-bond donors (Lipinski definition) is 1. The number of nitrogens with zero attached hydrogens (tertiary/aromatic N) is 2. The van der Waals surface area contributed by atoms with Gasteiger partial charge in [-0.3, -0.25) is 14.7 Å². The normalized spacial score (nSPS) is 14.4. The fraction of sp³-hybridized carbons (Fsp3) is 0.208. The second-order valence-corrected chi connectivity index (χ2v) is 7.70. The third kappa shape index (κ3) is 3.59. The lowest BCUT2D eigenvalue weighted by Gasteiger charge is -2.24. The Hall–Kier alpha value is -3.87. The second kappa shape index (κ2) is 7.43. The molecule has 7 nitrogen and oxygen atoms in total. The van der Waals surface area contributed by atoms with E-state index in [2.05, 4.69) is 4.98 Å². The fourth-order valence-electron chi connectivity index (χ4n) is 3.70. The van der Waals surface area contributed by atoms with Crippen LogP contribution in [-0.4, -0.2) is 28.8 Å². The van der Waals surface area contributed by atoms with Gasteiger partial charge in [-0.1, -0.05) is 12.1 Å². The highest BCUT2D eigenvalue weighted by atomic mass is 16.7. The largest absolute Gasteiger partial charge is 0.478 e. The van der Waals surface area contributed by atoms with Gasteiger partial charge in [-0.05, 0) is 55.7 Å². The van der Waals surface area contributed by atoms with Crippen molar-refractivity contribution < 1.29 is 24.2 Å². The van der Waals surface area contributed by atoms with Gasteiger partial charge in [-0.2, -0.15) is 0 Å². The monoisotopic (exact) mass is 416 g/mol. The van der Waals surface area contributed by atoms with Gasteiger partial charge in [-0.15, -0.1) is 0 Å². The first kappa shape index (κ1) is 19.1. The molecule has 0 bridgehead atoms. The summed E-state index contributed by atoms with van der Waals surface area (Å²) in [7, 11) is 0. The van der Waals surface area contributed by atoms with E-state index in [-0.39, 0.29) is 24.2 Å². The maximum Gasteiger partial charge on any atom is 0.335 e. The number of carbonyl (C=O) groups excluding carboxylic acids is 1. The lowest BCUT2D eigenvalue weighted by atomic mass is 10.0. The Kier molecular flexibility index (Phi) is 4.58. The third-order valence-corrected chi connectivity index (χ3v) is 5.51. The Bertz CT molecular complexity index is 1200. The molecule has 1 N–H and O–H groups in total. The van der Waals surface area contributed by atoms with E-state index in [9.17, 15) is 14.7 Å². The van der Waals surface area contributed by atoms with Crippen LogP contribution in [-0.2, 0) is 4.79 Å². The molecule has 0 spiro atoms. The van der Waals surface area contributed by atoms with Gasteiger partial charge in [-0.25, -0.2) is 4.79 Å². The Morgan fingerprint density at radius 2 is 1.84 bits per heavy atom. The summed E-state index contributed by atoms with van der Waals surface area (Å²) in [6.07, 6.45) is 3.41. The molecule has 5 rings (SSSR count). The number of benzene rings is 2. The van der Waals surface area contributed by atoms with E-state index in [1.54, 1.807) is 41.4 Å². The van der Waals surface area contributed by atoms with Crippen LogP contribution in [0.3, 0.4) is 0 Å². The van der Waals surface area contributed by atoms with E-state index < -0.39 is 5.97 Å². The smallest absolute Gasteiger partial charge is 0.335 e. The van der Waals surface area contributed by atoms with Crippen LogP contribution >= 0.6 is 0 Å². The predicted octanol–water partition coefficient (Wildman–Crippen LogP) is 4.56. The molecule has 1 aliphatic heterocycles. The van der Waals surface area contributed by atoms with Crippen molar-refractivity contribution in [3.8, 4) is 22.6 Å².